The molecule has 2 rings (SSSR count). The Bertz CT molecular complexity index is 714. The number of hydrogen-bond donors (Lipinski definition) is 1. The lowest BCUT2D eigenvalue weighted by Gasteiger charge is -2.35. The Labute approximate surface area is 144 Å². The first-order valence-corrected chi connectivity index (χ1v) is 8.35. The molecule has 0 aliphatic carbocycles. The van der Waals surface area contributed by atoms with Crippen LogP contribution < -0.4 is 5.32 Å². The predicted molar refractivity (Wildman–Crippen MR) is 97.2 cm³/mol. The molecule has 1 aromatic carbocycles. The van der Waals surface area contributed by atoms with E-state index in [1.807, 2.05) is 39.8 Å². The first-order chi connectivity index (χ1) is 11.2. The molecule has 2 amide bonds. The molecule has 24 heavy (non-hydrogen) atoms. The van der Waals surface area contributed by atoms with Gasteiger partial charge in [-0.25, -0.2) is 4.79 Å². The highest BCUT2D eigenvalue weighted by atomic mass is 16.5. The molecule has 0 aliphatic rings. The van der Waals surface area contributed by atoms with Crippen molar-refractivity contribution in [2.45, 2.75) is 53.5 Å². The van der Waals surface area contributed by atoms with E-state index in [1.165, 1.54) is 5.56 Å². The molecule has 0 saturated heterocycles. The molecule has 1 aromatic heterocycles. The van der Waals surface area contributed by atoms with Gasteiger partial charge in [0.05, 0.1) is 0 Å². The average Bonchev–Trinajstić information content (AvgIpc) is 2.91. The van der Waals surface area contributed by atoms with Crippen LogP contribution in [0.25, 0.3) is 11.3 Å². The second kappa shape index (κ2) is 7.07. The van der Waals surface area contributed by atoms with Gasteiger partial charge in [-0.1, -0.05) is 35.8 Å². The summed E-state index contributed by atoms with van der Waals surface area (Å²) in [6, 6.07) is 7.74. The number of carbonyl (C=O) groups excluding carboxylic acids is 1. The van der Waals surface area contributed by atoms with Gasteiger partial charge in [-0.05, 0) is 46.6 Å². The SMILES string of the molecule is CCCN(C(=O)Nc1cc(-c2ccc(C)cc2C)on1)C(C)(C)C. The number of rotatable bonds is 4. The molecule has 0 spiro atoms. The highest BCUT2D eigenvalue weighted by Crippen LogP contribution is 2.27. The summed E-state index contributed by atoms with van der Waals surface area (Å²) >= 11 is 0. The van der Waals surface area contributed by atoms with Crippen molar-refractivity contribution in [3.05, 3.63) is 35.4 Å². The van der Waals surface area contributed by atoms with Crippen molar-refractivity contribution >= 4 is 11.8 Å². The minimum Gasteiger partial charge on any atom is -0.354 e. The minimum absolute atomic E-state index is 0.162. The molecule has 0 atom stereocenters. The Kier molecular flexibility index (Phi) is 5.32. The highest BCUT2D eigenvalue weighted by molar-refractivity contribution is 5.89. The van der Waals surface area contributed by atoms with Gasteiger partial charge in [0.15, 0.2) is 11.6 Å². The van der Waals surface area contributed by atoms with E-state index >= 15 is 0 Å². The van der Waals surface area contributed by atoms with Gasteiger partial charge in [0.2, 0.25) is 0 Å². The smallest absolute Gasteiger partial charge is 0.323 e. The number of aromatic nitrogens is 1. The van der Waals surface area contributed by atoms with Crippen LogP contribution in [0.3, 0.4) is 0 Å². The van der Waals surface area contributed by atoms with Gasteiger partial charge in [0.1, 0.15) is 0 Å². The van der Waals surface area contributed by atoms with Crippen LogP contribution in [-0.4, -0.2) is 28.2 Å². The third kappa shape index (κ3) is 4.16. The Balaban J connectivity index is 2.17. The summed E-state index contributed by atoms with van der Waals surface area (Å²) < 4.78 is 5.41. The van der Waals surface area contributed by atoms with Crippen molar-refractivity contribution < 1.29 is 9.32 Å². The van der Waals surface area contributed by atoms with Gasteiger partial charge in [0.25, 0.3) is 0 Å². The molecule has 1 heterocycles. The Hall–Kier alpha value is -2.30. The second-order valence-electron chi connectivity index (χ2n) is 7.15. The summed E-state index contributed by atoms with van der Waals surface area (Å²) in [5.74, 6) is 1.08. The number of amides is 2. The van der Waals surface area contributed by atoms with Gasteiger partial charge >= 0.3 is 6.03 Å². The normalized spacial score (nSPS) is 11.4. The van der Waals surface area contributed by atoms with E-state index in [0.717, 1.165) is 17.5 Å². The molecule has 5 nitrogen and oxygen atoms in total. The number of aryl methyl sites for hydroxylation is 2. The van der Waals surface area contributed by atoms with E-state index in [-0.39, 0.29) is 11.6 Å². The molecule has 5 heteroatoms. The van der Waals surface area contributed by atoms with Crippen LogP contribution in [0.2, 0.25) is 0 Å². The fraction of sp³-hybridized carbons (Fsp3) is 0.474. The molecule has 0 fully saturated rings. The third-order valence-electron chi connectivity index (χ3n) is 3.89. The van der Waals surface area contributed by atoms with E-state index in [2.05, 4.69) is 30.4 Å². The lowest BCUT2D eigenvalue weighted by Crippen LogP contribution is -2.48. The summed E-state index contributed by atoms with van der Waals surface area (Å²) in [7, 11) is 0. The predicted octanol–water partition coefficient (Wildman–Crippen LogP) is 5.00. The van der Waals surface area contributed by atoms with Crippen molar-refractivity contribution in [2.24, 2.45) is 0 Å². The molecule has 2 aromatic rings. The topological polar surface area (TPSA) is 58.4 Å². The van der Waals surface area contributed by atoms with Crippen LogP contribution in [0.4, 0.5) is 10.6 Å². The largest absolute Gasteiger partial charge is 0.354 e. The maximum atomic E-state index is 12.5. The molecule has 0 aliphatic heterocycles. The van der Waals surface area contributed by atoms with E-state index in [0.29, 0.717) is 18.1 Å². The van der Waals surface area contributed by atoms with E-state index in [1.54, 1.807) is 11.0 Å². The van der Waals surface area contributed by atoms with Crippen LogP contribution in [0.1, 0.15) is 45.2 Å². The quantitative estimate of drug-likeness (QED) is 0.858. The zero-order chi connectivity index (χ0) is 17.9. The van der Waals surface area contributed by atoms with Crippen molar-refractivity contribution in [3.8, 4) is 11.3 Å². The number of urea groups is 1. The molecular weight excluding hydrogens is 302 g/mol. The van der Waals surface area contributed by atoms with Gasteiger partial charge < -0.3 is 9.42 Å². The van der Waals surface area contributed by atoms with E-state index < -0.39 is 0 Å². The molecule has 0 saturated carbocycles. The van der Waals surface area contributed by atoms with Crippen molar-refractivity contribution in [2.75, 3.05) is 11.9 Å². The van der Waals surface area contributed by atoms with Gasteiger partial charge in [-0.3, -0.25) is 5.32 Å². The number of hydrogen-bond acceptors (Lipinski definition) is 3. The van der Waals surface area contributed by atoms with Gasteiger partial charge in [-0.2, -0.15) is 0 Å². The summed E-state index contributed by atoms with van der Waals surface area (Å²) in [6.45, 7) is 12.9. The molecule has 0 bridgehead atoms. The standard InChI is InChI=1S/C19H27N3O2/c1-7-10-22(19(4,5)6)18(23)20-17-12-16(24-21-17)15-9-8-13(2)11-14(15)3/h8-9,11-12H,7,10H2,1-6H3,(H,20,21,23). The van der Waals surface area contributed by atoms with Crippen molar-refractivity contribution in [1.82, 2.24) is 10.1 Å². The van der Waals surface area contributed by atoms with Crippen LogP contribution in [0.15, 0.2) is 28.8 Å². The maximum absolute atomic E-state index is 12.5. The Morgan fingerprint density at radius 1 is 1.25 bits per heavy atom. The lowest BCUT2D eigenvalue weighted by atomic mass is 10.0. The Morgan fingerprint density at radius 3 is 2.54 bits per heavy atom. The second-order valence-corrected chi connectivity index (χ2v) is 7.15. The van der Waals surface area contributed by atoms with Gasteiger partial charge in [-0.15, -0.1) is 0 Å². The van der Waals surface area contributed by atoms with Gasteiger partial charge in [0, 0.05) is 23.7 Å². The van der Waals surface area contributed by atoms with Crippen molar-refractivity contribution in [3.63, 3.8) is 0 Å². The highest BCUT2D eigenvalue weighted by Gasteiger charge is 2.26. The Morgan fingerprint density at radius 2 is 1.96 bits per heavy atom. The summed E-state index contributed by atoms with van der Waals surface area (Å²) in [4.78, 5) is 14.3. The number of nitrogens with zero attached hydrogens (tertiary/aromatic N) is 2. The summed E-state index contributed by atoms with van der Waals surface area (Å²) in [6.07, 6.45) is 0.900. The average molecular weight is 329 g/mol. The fourth-order valence-electron chi connectivity index (χ4n) is 2.69. The fourth-order valence-corrected chi connectivity index (χ4v) is 2.69. The lowest BCUT2D eigenvalue weighted by molar-refractivity contribution is 0.157. The minimum atomic E-state index is -0.250. The molecule has 0 radical (unpaired) electrons. The van der Waals surface area contributed by atoms with Crippen LogP contribution >= 0.6 is 0 Å². The van der Waals surface area contributed by atoms with Crippen LogP contribution in [-0.2, 0) is 0 Å². The monoisotopic (exact) mass is 329 g/mol. The first-order valence-electron chi connectivity index (χ1n) is 8.35. The summed E-state index contributed by atoms with van der Waals surface area (Å²) in [5.41, 5.74) is 3.05. The van der Waals surface area contributed by atoms with Crippen molar-refractivity contribution in [1.29, 1.82) is 0 Å². The first kappa shape index (κ1) is 18.0. The number of carbonyl (C=O) groups is 1. The zero-order valence-electron chi connectivity index (χ0n) is 15.4. The molecule has 1 N–H and O–H groups in total. The van der Waals surface area contributed by atoms with E-state index in [9.17, 15) is 4.79 Å². The number of anilines is 1. The van der Waals surface area contributed by atoms with Crippen LogP contribution in [0.5, 0.6) is 0 Å². The maximum Gasteiger partial charge on any atom is 0.323 e. The third-order valence-corrected chi connectivity index (χ3v) is 3.89. The number of nitrogens with one attached hydrogen (secondary N) is 1. The molecular formula is C19H27N3O2. The summed E-state index contributed by atoms with van der Waals surface area (Å²) in [5, 5.41) is 6.82. The molecule has 0 unspecified atom stereocenters. The van der Waals surface area contributed by atoms with Crippen LogP contribution in [0, 0.1) is 13.8 Å². The zero-order valence-corrected chi connectivity index (χ0v) is 15.4. The molecule has 130 valence electrons. The van der Waals surface area contributed by atoms with E-state index in [4.69, 9.17) is 4.52 Å². The number of benzene rings is 1.